The maximum Gasteiger partial charge on any atom is 0.323 e. The van der Waals surface area contributed by atoms with E-state index in [1.807, 2.05) is 17.5 Å². The molecule has 1 aliphatic heterocycles. The highest BCUT2D eigenvalue weighted by molar-refractivity contribution is 7.10. The third kappa shape index (κ3) is 3.45. The minimum Gasteiger partial charge on any atom is -0.387 e. The first-order valence-electron chi connectivity index (χ1n) is 7.21. The highest BCUT2D eigenvalue weighted by Crippen LogP contribution is 2.33. The number of carbonyl (C=O) groups is 1. The number of aryl methyl sites for hydroxylation is 1. The first-order valence-corrected chi connectivity index (χ1v) is 8.86. The zero-order chi connectivity index (χ0) is 15.5. The van der Waals surface area contributed by atoms with Crippen molar-refractivity contribution in [2.45, 2.75) is 25.9 Å². The van der Waals surface area contributed by atoms with E-state index in [-0.39, 0.29) is 11.9 Å². The maximum absolute atomic E-state index is 12.2. The second-order valence-electron chi connectivity index (χ2n) is 5.36. The van der Waals surface area contributed by atoms with E-state index in [1.165, 1.54) is 11.5 Å². The number of hydrogen-bond acceptors (Lipinski definition) is 6. The van der Waals surface area contributed by atoms with E-state index in [1.54, 1.807) is 23.2 Å². The van der Waals surface area contributed by atoms with Crippen molar-refractivity contribution >= 4 is 34.0 Å². The minimum atomic E-state index is -0.420. The molecule has 1 aliphatic rings. The second-order valence-corrected chi connectivity index (χ2v) is 7.09. The molecule has 0 aliphatic carbocycles. The number of likely N-dealkylation sites (tertiary alicyclic amines) is 1. The van der Waals surface area contributed by atoms with Crippen LogP contribution in [-0.2, 0) is 0 Å². The van der Waals surface area contributed by atoms with E-state index >= 15 is 0 Å². The van der Waals surface area contributed by atoms with E-state index in [4.69, 9.17) is 0 Å². The molecule has 0 radical (unpaired) electrons. The Bertz CT molecular complexity index is 621. The lowest BCUT2D eigenvalue weighted by Crippen LogP contribution is -2.42. The maximum atomic E-state index is 12.2. The summed E-state index contributed by atoms with van der Waals surface area (Å²) in [6.07, 6.45) is 1.19. The Kier molecular flexibility index (Phi) is 4.70. The fraction of sp³-hybridized carbons (Fsp3) is 0.500. The quantitative estimate of drug-likeness (QED) is 0.902. The second kappa shape index (κ2) is 6.72. The SMILES string of the molecule is Cc1nsc(NC(=O)N2CCC([C@H](O)c3cccs3)CC2)n1. The molecule has 2 N–H and O–H groups in total. The van der Waals surface area contributed by atoms with Gasteiger partial charge in [-0.25, -0.2) is 9.78 Å². The topological polar surface area (TPSA) is 78.4 Å². The number of hydrogen-bond donors (Lipinski definition) is 2. The van der Waals surface area contributed by atoms with Crippen LogP contribution in [0.2, 0.25) is 0 Å². The molecule has 0 spiro atoms. The van der Waals surface area contributed by atoms with Crippen LogP contribution in [0.25, 0.3) is 0 Å². The number of thiophene rings is 1. The largest absolute Gasteiger partial charge is 0.387 e. The summed E-state index contributed by atoms with van der Waals surface area (Å²) in [4.78, 5) is 19.1. The number of anilines is 1. The number of carbonyl (C=O) groups excluding carboxylic acids is 1. The number of aliphatic hydroxyl groups excluding tert-OH is 1. The number of amides is 2. The zero-order valence-corrected chi connectivity index (χ0v) is 13.9. The van der Waals surface area contributed by atoms with Crippen molar-refractivity contribution in [3.8, 4) is 0 Å². The molecule has 8 heteroatoms. The van der Waals surface area contributed by atoms with Crippen LogP contribution in [0.5, 0.6) is 0 Å². The van der Waals surface area contributed by atoms with E-state index in [0.29, 0.717) is 24.0 Å². The van der Waals surface area contributed by atoms with E-state index < -0.39 is 6.10 Å². The smallest absolute Gasteiger partial charge is 0.323 e. The van der Waals surface area contributed by atoms with Gasteiger partial charge in [0, 0.05) is 29.5 Å². The molecule has 0 aromatic carbocycles. The number of urea groups is 1. The number of piperidine rings is 1. The summed E-state index contributed by atoms with van der Waals surface area (Å²) in [5, 5.41) is 15.7. The molecule has 118 valence electrons. The van der Waals surface area contributed by atoms with Gasteiger partial charge in [-0.05, 0) is 37.1 Å². The summed E-state index contributed by atoms with van der Waals surface area (Å²) < 4.78 is 4.04. The number of aliphatic hydroxyl groups is 1. The average Bonchev–Trinajstić information content (AvgIpc) is 3.18. The van der Waals surface area contributed by atoms with Gasteiger partial charge in [0.05, 0.1) is 6.10 Å². The van der Waals surface area contributed by atoms with Crippen LogP contribution in [0.3, 0.4) is 0 Å². The number of nitrogens with one attached hydrogen (secondary N) is 1. The Hall–Kier alpha value is -1.51. The molecule has 0 unspecified atom stereocenters. The molecule has 3 heterocycles. The van der Waals surface area contributed by atoms with Crippen LogP contribution in [0.15, 0.2) is 17.5 Å². The fourth-order valence-electron chi connectivity index (χ4n) is 2.63. The molecule has 1 atom stereocenters. The summed E-state index contributed by atoms with van der Waals surface area (Å²) in [6.45, 7) is 3.09. The third-order valence-corrected chi connectivity index (χ3v) is 5.51. The molecule has 22 heavy (non-hydrogen) atoms. The molecular formula is C14H18N4O2S2. The highest BCUT2D eigenvalue weighted by atomic mass is 32.1. The lowest BCUT2D eigenvalue weighted by atomic mass is 9.90. The van der Waals surface area contributed by atoms with Gasteiger partial charge in [0.1, 0.15) is 5.82 Å². The van der Waals surface area contributed by atoms with E-state index in [0.717, 1.165) is 17.7 Å². The van der Waals surface area contributed by atoms with Gasteiger partial charge >= 0.3 is 6.03 Å². The fourth-order valence-corrected chi connectivity index (χ4v) is 4.00. The summed E-state index contributed by atoms with van der Waals surface area (Å²) >= 11 is 2.77. The lowest BCUT2D eigenvalue weighted by molar-refractivity contribution is 0.0708. The summed E-state index contributed by atoms with van der Waals surface area (Å²) in [5.41, 5.74) is 0. The van der Waals surface area contributed by atoms with Gasteiger partial charge in [0.15, 0.2) is 0 Å². The Morgan fingerprint density at radius 2 is 2.27 bits per heavy atom. The first-order chi connectivity index (χ1) is 10.6. The van der Waals surface area contributed by atoms with Crippen LogP contribution in [0.4, 0.5) is 9.93 Å². The predicted octanol–water partition coefficient (Wildman–Crippen LogP) is 2.89. The van der Waals surface area contributed by atoms with Crippen molar-refractivity contribution in [1.82, 2.24) is 14.3 Å². The third-order valence-electron chi connectivity index (χ3n) is 3.85. The Balaban J connectivity index is 1.52. The van der Waals surface area contributed by atoms with Crippen molar-refractivity contribution in [2.75, 3.05) is 18.4 Å². The molecule has 1 fully saturated rings. The average molecular weight is 338 g/mol. The van der Waals surface area contributed by atoms with Gasteiger partial charge in [-0.2, -0.15) is 4.37 Å². The lowest BCUT2D eigenvalue weighted by Gasteiger charge is -2.33. The Morgan fingerprint density at radius 3 is 2.86 bits per heavy atom. The zero-order valence-electron chi connectivity index (χ0n) is 12.2. The highest BCUT2D eigenvalue weighted by Gasteiger charge is 2.29. The monoisotopic (exact) mass is 338 g/mol. The van der Waals surface area contributed by atoms with E-state index in [2.05, 4.69) is 14.7 Å². The standard InChI is InChI=1S/C14H18N4O2S2/c1-9-15-13(22-17-9)16-14(20)18-6-4-10(5-7-18)12(19)11-3-2-8-21-11/h2-3,8,10,12,19H,4-7H2,1H3,(H,15,16,17,20)/t12-/m0/s1. The van der Waals surface area contributed by atoms with Crippen molar-refractivity contribution < 1.29 is 9.90 Å². The molecule has 2 aromatic rings. The van der Waals surface area contributed by atoms with Crippen LogP contribution in [-0.4, -0.2) is 38.5 Å². The van der Waals surface area contributed by atoms with Crippen LogP contribution < -0.4 is 5.32 Å². The van der Waals surface area contributed by atoms with Crippen molar-refractivity contribution in [3.63, 3.8) is 0 Å². The molecule has 1 saturated heterocycles. The normalized spacial score (nSPS) is 17.5. The van der Waals surface area contributed by atoms with Gasteiger partial charge in [-0.15, -0.1) is 11.3 Å². The predicted molar refractivity (Wildman–Crippen MR) is 87.2 cm³/mol. The van der Waals surface area contributed by atoms with E-state index in [9.17, 15) is 9.90 Å². The first kappa shape index (κ1) is 15.4. The van der Waals surface area contributed by atoms with Gasteiger partial charge in [0.25, 0.3) is 0 Å². The molecule has 2 aromatic heterocycles. The van der Waals surface area contributed by atoms with Crippen molar-refractivity contribution in [1.29, 1.82) is 0 Å². The van der Waals surface area contributed by atoms with Gasteiger partial charge in [-0.1, -0.05) is 6.07 Å². The molecule has 0 bridgehead atoms. The van der Waals surface area contributed by atoms with Gasteiger partial charge in [0.2, 0.25) is 5.13 Å². The van der Waals surface area contributed by atoms with Crippen LogP contribution in [0, 0.1) is 12.8 Å². The number of nitrogens with zero attached hydrogens (tertiary/aromatic N) is 3. The minimum absolute atomic E-state index is 0.139. The Morgan fingerprint density at radius 1 is 1.50 bits per heavy atom. The summed E-state index contributed by atoms with van der Waals surface area (Å²) in [6, 6.07) is 3.78. The summed E-state index contributed by atoms with van der Waals surface area (Å²) in [5.74, 6) is 0.879. The van der Waals surface area contributed by atoms with Gasteiger partial charge in [-0.3, -0.25) is 5.32 Å². The molecule has 2 amide bonds. The van der Waals surface area contributed by atoms with Crippen LogP contribution in [0.1, 0.15) is 29.6 Å². The molecule has 6 nitrogen and oxygen atoms in total. The van der Waals surface area contributed by atoms with Gasteiger partial charge < -0.3 is 10.0 Å². The Labute approximate surface area is 137 Å². The number of aromatic nitrogens is 2. The van der Waals surface area contributed by atoms with Crippen molar-refractivity contribution in [2.24, 2.45) is 5.92 Å². The van der Waals surface area contributed by atoms with Crippen molar-refractivity contribution in [3.05, 3.63) is 28.2 Å². The molecule has 3 rings (SSSR count). The number of rotatable bonds is 3. The van der Waals surface area contributed by atoms with Crippen LogP contribution >= 0.6 is 22.9 Å². The molecular weight excluding hydrogens is 320 g/mol. The molecule has 0 saturated carbocycles. The summed E-state index contributed by atoms with van der Waals surface area (Å²) in [7, 11) is 0.